The fourth-order valence-electron chi connectivity index (χ4n) is 2.84. The standard InChI is InChI=1S/C19H16Cl4N2O3/c20-10-3-4-13(15(22)7-10)19(27)25-17-14(6-11(21)8-16(17)23)18(26)24-9-12-2-1-5-28-12/h3-4,6-8,12H,1-2,5,9H2,(H,24,26)(H,25,27)/t12-/m1/s1. The molecule has 2 amide bonds. The molecule has 28 heavy (non-hydrogen) atoms. The Morgan fingerprint density at radius 2 is 1.71 bits per heavy atom. The molecule has 5 nitrogen and oxygen atoms in total. The molecule has 0 bridgehead atoms. The fraction of sp³-hybridized carbons (Fsp3) is 0.263. The molecular formula is C19H16Cl4N2O3. The van der Waals surface area contributed by atoms with E-state index in [-0.39, 0.29) is 38.0 Å². The maximum atomic E-state index is 12.7. The van der Waals surface area contributed by atoms with Gasteiger partial charge in [0.05, 0.1) is 33.0 Å². The van der Waals surface area contributed by atoms with Gasteiger partial charge in [0.15, 0.2) is 0 Å². The Kier molecular flexibility index (Phi) is 7.07. The molecule has 0 aliphatic carbocycles. The van der Waals surface area contributed by atoms with E-state index in [0.29, 0.717) is 18.2 Å². The highest BCUT2D eigenvalue weighted by Crippen LogP contribution is 2.31. The van der Waals surface area contributed by atoms with E-state index in [1.54, 1.807) is 6.07 Å². The first-order valence-corrected chi connectivity index (χ1v) is 10.0. The quantitative estimate of drug-likeness (QED) is 0.620. The van der Waals surface area contributed by atoms with Gasteiger partial charge >= 0.3 is 0 Å². The Hall–Kier alpha value is -1.50. The zero-order chi connectivity index (χ0) is 20.3. The number of hydrogen-bond donors (Lipinski definition) is 2. The monoisotopic (exact) mass is 460 g/mol. The number of carbonyl (C=O) groups excluding carboxylic acids is 2. The van der Waals surface area contributed by atoms with Crippen molar-refractivity contribution in [1.82, 2.24) is 5.32 Å². The second-order valence-electron chi connectivity index (χ2n) is 6.23. The van der Waals surface area contributed by atoms with Gasteiger partial charge in [0, 0.05) is 23.2 Å². The van der Waals surface area contributed by atoms with Gasteiger partial charge in [-0.15, -0.1) is 0 Å². The summed E-state index contributed by atoms with van der Waals surface area (Å²) in [4.78, 5) is 25.3. The van der Waals surface area contributed by atoms with E-state index in [9.17, 15) is 9.59 Å². The molecule has 2 aromatic carbocycles. The smallest absolute Gasteiger partial charge is 0.257 e. The van der Waals surface area contributed by atoms with Gasteiger partial charge in [-0.05, 0) is 43.2 Å². The summed E-state index contributed by atoms with van der Waals surface area (Å²) in [5, 5.41) is 6.42. The van der Waals surface area contributed by atoms with Gasteiger partial charge in [-0.1, -0.05) is 46.4 Å². The van der Waals surface area contributed by atoms with Crippen LogP contribution in [0.2, 0.25) is 20.1 Å². The summed E-state index contributed by atoms with van der Waals surface area (Å²) in [5.41, 5.74) is 0.489. The molecule has 0 spiro atoms. The maximum absolute atomic E-state index is 12.7. The Morgan fingerprint density at radius 1 is 0.964 bits per heavy atom. The molecule has 2 aromatic rings. The minimum atomic E-state index is -0.529. The van der Waals surface area contributed by atoms with E-state index in [1.807, 2.05) is 0 Å². The predicted octanol–water partition coefficient (Wildman–Crippen LogP) is 5.46. The third kappa shape index (κ3) is 5.10. The van der Waals surface area contributed by atoms with Crippen molar-refractivity contribution in [3.63, 3.8) is 0 Å². The third-order valence-corrected chi connectivity index (χ3v) is 5.29. The van der Waals surface area contributed by atoms with Crippen molar-refractivity contribution in [2.45, 2.75) is 18.9 Å². The highest BCUT2D eigenvalue weighted by Gasteiger charge is 2.22. The number of benzene rings is 2. The minimum absolute atomic E-state index is 0.0236. The molecule has 0 aromatic heterocycles. The number of amides is 2. The van der Waals surface area contributed by atoms with Gasteiger partial charge in [-0.2, -0.15) is 0 Å². The highest BCUT2D eigenvalue weighted by atomic mass is 35.5. The van der Waals surface area contributed by atoms with Crippen LogP contribution in [0.25, 0.3) is 0 Å². The molecule has 1 saturated heterocycles. The number of halogens is 4. The molecule has 1 heterocycles. The maximum Gasteiger partial charge on any atom is 0.257 e. The van der Waals surface area contributed by atoms with Crippen molar-refractivity contribution in [2.75, 3.05) is 18.5 Å². The van der Waals surface area contributed by atoms with Crippen molar-refractivity contribution < 1.29 is 14.3 Å². The van der Waals surface area contributed by atoms with Crippen molar-refractivity contribution in [2.24, 2.45) is 0 Å². The van der Waals surface area contributed by atoms with Crippen LogP contribution in [0.3, 0.4) is 0 Å². The van der Waals surface area contributed by atoms with E-state index in [4.69, 9.17) is 51.1 Å². The molecule has 1 fully saturated rings. The zero-order valence-corrected chi connectivity index (χ0v) is 17.6. The van der Waals surface area contributed by atoms with Crippen molar-refractivity contribution in [3.8, 4) is 0 Å². The second-order valence-corrected chi connectivity index (χ2v) is 7.92. The van der Waals surface area contributed by atoms with Crippen LogP contribution in [0.4, 0.5) is 5.69 Å². The molecule has 1 aliphatic heterocycles. The van der Waals surface area contributed by atoms with E-state index in [1.165, 1.54) is 24.3 Å². The van der Waals surface area contributed by atoms with Crippen molar-refractivity contribution in [1.29, 1.82) is 0 Å². The van der Waals surface area contributed by atoms with Crippen LogP contribution in [-0.2, 0) is 4.74 Å². The lowest BCUT2D eigenvalue weighted by Gasteiger charge is -2.16. The third-order valence-electron chi connectivity index (χ3n) is 4.23. The van der Waals surface area contributed by atoms with Crippen molar-refractivity contribution in [3.05, 3.63) is 61.5 Å². The number of nitrogens with one attached hydrogen (secondary N) is 2. The molecule has 3 rings (SSSR count). The lowest BCUT2D eigenvalue weighted by molar-refractivity contribution is 0.0858. The molecule has 0 saturated carbocycles. The van der Waals surface area contributed by atoms with Gasteiger partial charge < -0.3 is 15.4 Å². The van der Waals surface area contributed by atoms with Gasteiger partial charge in [0.1, 0.15) is 0 Å². The molecular weight excluding hydrogens is 446 g/mol. The normalized spacial score (nSPS) is 16.1. The number of anilines is 1. The summed E-state index contributed by atoms with van der Waals surface area (Å²) in [7, 11) is 0. The molecule has 148 valence electrons. The van der Waals surface area contributed by atoms with Gasteiger partial charge in [-0.3, -0.25) is 9.59 Å². The Bertz CT molecular complexity index is 914. The summed E-state index contributed by atoms with van der Waals surface area (Å²) in [6.07, 6.45) is 1.83. The van der Waals surface area contributed by atoms with Crippen molar-refractivity contribution >= 4 is 63.9 Å². The van der Waals surface area contributed by atoms with Gasteiger partial charge in [0.2, 0.25) is 0 Å². The number of ether oxygens (including phenoxy) is 1. The average Bonchev–Trinajstić information content (AvgIpc) is 3.15. The number of hydrogen-bond acceptors (Lipinski definition) is 3. The summed E-state index contributed by atoms with van der Waals surface area (Å²) in [5.74, 6) is -0.948. The van der Waals surface area contributed by atoms with Crippen LogP contribution in [-0.4, -0.2) is 31.1 Å². The SMILES string of the molecule is O=C(Nc1c(Cl)cc(Cl)cc1C(=O)NC[C@H]1CCCO1)c1ccc(Cl)cc1Cl. The first-order chi connectivity index (χ1) is 13.3. The Morgan fingerprint density at radius 3 is 2.39 bits per heavy atom. The first kappa shape index (κ1) is 21.2. The molecule has 0 unspecified atom stereocenters. The lowest BCUT2D eigenvalue weighted by atomic mass is 10.1. The molecule has 1 atom stereocenters. The van der Waals surface area contributed by atoms with E-state index in [0.717, 1.165) is 12.8 Å². The van der Waals surface area contributed by atoms with Crippen LogP contribution in [0.1, 0.15) is 33.6 Å². The Labute approximate surface area is 182 Å². The molecule has 9 heteroatoms. The first-order valence-electron chi connectivity index (χ1n) is 8.50. The number of carbonyl (C=O) groups is 2. The van der Waals surface area contributed by atoms with Crippen LogP contribution in [0.15, 0.2) is 30.3 Å². The molecule has 0 radical (unpaired) electrons. The second kappa shape index (κ2) is 9.33. The largest absolute Gasteiger partial charge is 0.376 e. The van der Waals surface area contributed by atoms with Crippen LogP contribution >= 0.6 is 46.4 Å². The molecule has 1 aliphatic rings. The number of rotatable bonds is 5. The van der Waals surface area contributed by atoms with E-state index >= 15 is 0 Å². The fourth-order valence-corrected chi connectivity index (χ4v) is 3.88. The summed E-state index contributed by atoms with van der Waals surface area (Å²) in [6, 6.07) is 7.37. The summed E-state index contributed by atoms with van der Waals surface area (Å²) in [6.45, 7) is 1.05. The molecule has 2 N–H and O–H groups in total. The average molecular weight is 462 g/mol. The highest BCUT2D eigenvalue weighted by molar-refractivity contribution is 6.39. The van der Waals surface area contributed by atoms with E-state index in [2.05, 4.69) is 10.6 Å². The lowest BCUT2D eigenvalue weighted by Crippen LogP contribution is -2.32. The Balaban J connectivity index is 1.83. The summed E-state index contributed by atoms with van der Waals surface area (Å²) >= 11 is 24.2. The predicted molar refractivity (Wildman–Crippen MR) is 112 cm³/mol. The topological polar surface area (TPSA) is 67.4 Å². The van der Waals surface area contributed by atoms with Crippen LogP contribution < -0.4 is 10.6 Å². The minimum Gasteiger partial charge on any atom is -0.376 e. The zero-order valence-electron chi connectivity index (χ0n) is 14.5. The van der Waals surface area contributed by atoms with Crippen LogP contribution in [0.5, 0.6) is 0 Å². The van der Waals surface area contributed by atoms with Gasteiger partial charge in [-0.25, -0.2) is 0 Å². The van der Waals surface area contributed by atoms with E-state index < -0.39 is 11.8 Å². The van der Waals surface area contributed by atoms with Crippen LogP contribution in [0, 0.1) is 0 Å². The summed E-state index contributed by atoms with van der Waals surface area (Å²) < 4.78 is 5.50. The van der Waals surface area contributed by atoms with Gasteiger partial charge in [0.25, 0.3) is 11.8 Å².